The molecular weight excluding hydrogens is 384 g/mol. The molecule has 2 aliphatic heterocycles. The Kier molecular flexibility index (Phi) is 4.05. The Balaban J connectivity index is 1.35. The number of carbonyl (C=O) groups is 1. The van der Waals surface area contributed by atoms with Gasteiger partial charge >= 0.3 is 0 Å². The van der Waals surface area contributed by atoms with Gasteiger partial charge in [-0.3, -0.25) is 4.79 Å². The predicted molar refractivity (Wildman–Crippen MR) is 121 cm³/mol. The second kappa shape index (κ2) is 6.82. The fourth-order valence-electron chi connectivity index (χ4n) is 5.32. The van der Waals surface area contributed by atoms with E-state index in [0.717, 1.165) is 24.1 Å². The number of fused-ring (bicyclic) bond motifs is 4. The molecule has 3 heterocycles. The predicted octanol–water partition coefficient (Wildman–Crippen LogP) is 4.96. The molecule has 4 aromatic rings. The standard InChI is InChI=1S/C27H24N2O2/c1-27-24-13-7-5-12-23(24)26(30)29(27)21(18-31-27)15-20-17-28(16-19-9-3-2-4-10-19)25-14-8-6-11-22(20)25/h2-14,17,21H,15-16,18H2,1H3/t21-,27+/m0/s1. The van der Waals surface area contributed by atoms with Gasteiger partial charge in [0, 0.05) is 34.8 Å². The van der Waals surface area contributed by atoms with Crippen molar-refractivity contribution in [3.05, 3.63) is 107 Å². The Morgan fingerprint density at radius 1 is 0.968 bits per heavy atom. The third kappa shape index (κ3) is 2.75. The lowest BCUT2D eigenvalue weighted by molar-refractivity contribution is -0.0510. The summed E-state index contributed by atoms with van der Waals surface area (Å²) in [5, 5.41) is 1.25. The van der Waals surface area contributed by atoms with Crippen molar-refractivity contribution in [2.24, 2.45) is 0 Å². The molecule has 3 aromatic carbocycles. The monoisotopic (exact) mass is 408 g/mol. The van der Waals surface area contributed by atoms with Crippen LogP contribution in [0.2, 0.25) is 0 Å². The normalized spacial score (nSPS) is 22.2. The van der Waals surface area contributed by atoms with Crippen molar-refractivity contribution in [1.82, 2.24) is 9.47 Å². The zero-order valence-electron chi connectivity index (χ0n) is 17.5. The van der Waals surface area contributed by atoms with Gasteiger partial charge < -0.3 is 14.2 Å². The second-order valence-corrected chi connectivity index (χ2v) is 8.66. The summed E-state index contributed by atoms with van der Waals surface area (Å²) in [6.45, 7) is 3.40. The van der Waals surface area contributed by atoms with Crippen LogP contribution in [0.1, 0.15) is 34.0 Å². The third-order valence-electron chi connectivity index (χ3n) is 6.78. The average molecular weight is 409 g/mol. The maximum absolute atomic E-state index is 13.2. The summed E-state index contributed by atoms with van der Waals surface area (Å²) in [4.78, 5) is 15.2. The van der Waals surface area contributed by atoms with E-state index in [1.54, 1.807) is 0 Å². The quantitative estimate of drug-likeness (QED) is 0.478. The molecular formula is C27H24N2O2. The van der Waals surface area contributed by atoms with Crippen LogP contribution in [0.15, 0.2) is 85.1 Å². The first-order chi connectivity index (χ1) is 15.1. The number of carbonyl (C=O) groups excluding carboxylic acids is 1. The van der Waals surface area contributed by atoms with Gasteiger partial charge in [-0.05, 0) is 36.6 Å². The van der Waals surface area contributed by atoms with Crippen molar-refractivity contribution >= 4 is 16.8 Å². The highest BCUT2D eigenvalue weighted by Gasteiger charge is 2.54. The van der Waals surface area contributed by atoms with Crippen LogP contribution >= 0.6 is 0 Å². The van der Waals surface area contributed by atoms with E-state index in [2.05, 4.69) is 59.3 Å². The Labute approximate surface area is 181 Å². The van der Waals surface area contributed by atoms with Crippen molar-refractivity contribution in [1.29, 1.82) is 0 Å². The van der Waals surface area contributed by atoms with E-state index in [1.807, 2.05) is 42.2 Å². The summed E-state index contributed by atoms with van der Waals surface area (Å²) in [5.74, 6) is 0.0774. The summed E-state index contributed by atoms with van der Waals surface area (Å²) in [5.41, 5.74) is 4.83. The molecule has 0 N–H and O–H groups in total. The first kappa shape index (κ1) is 18.4. The minimum atomic E-state index is -0.666. The number of hydrogen-bond acceptors (Lipinski definition) is 2. The molecule has 1 saturated heterocycles. The van der Waals surface area contributed by atoms with Crippen molar-refractivity contribution in [3.63, 3.8) is 0 Å². The molecule has 154 valence electrons. The third-order valence-corrected chi connectivity index (χ3v) is 6.78. The molecule has 4 nitrogen and oxygen atoms in total. The number of nitrogens with zero attached hydrogens (tertiary/aromatic N) is 2. The Morgan fingerprint density at radius 3 is 2.58 bits per heavy atom. The van der Waals surface area contributed by atoms with Gasteiger partial charge in [-0.1, -0.05) is 66.7 Å². The number of ether oxygens (including phenoxy) is 1. The molecule has 2 aliphatic rings. The summed E-state index contributed by atoms with van der Waals surface area (Å²) in [6, 6.07) is 26.9. The highest BCUT2D eigenvalue weighted by molar-refractivity contribution is 6.00. The first-order valence-electron chi connectivity index (χ1n) is 10.8. The highest BCUT2D eigenvalue weighted by Crippen LogP contribution is 2.46. The van der Waals surface area contributed by atoms with E-state index >= 15 is 0 Å². The van der Waals surface area contributed by atoms with E-state index in [9.17, 15) is 4.79 Å². The van der Waals surface area contributed by atoms with Gasteiger partial charge in [-0.15, -0.1) is 0 Å². The van der Waals surface area contributed by atoms with Crippen LogP contribution in [0.3, 0.4) is 0 Å². The fourth-order valence-corrected chi connectivity index (χ4v) is 5.32. The molecule has 6 rings (SSSR count). The van der Waals surface area contributed by atoms with Crippen LogP contribution < -0.4 is 0 Å². The van der Waals surface area contributed by atoms with E-state index in [1.165, 1.54) is 22.0 Å². The van der Waals surface area contributed by atoms with Gasteiger partial charge in [0.1, 0.15) is 0 Å². The maximum Gasteiger partial charge on any atom is 0.257 e. The molecule has 1 fully saturated rings. The van der Waals surface area contributed by atoms with Crippen molar-refractivity contribution < 1.29 is 9.53 Å². The molecule has 1 amide bonds. The topological polar surface area (TPSA) is 34.5 Å². The van der Waals surface area contributed by atoms with E-state index in [4.69, 9.17) is 4.74 Å². The second-order valence-electron chi connectivity index (χ2n) is 8.66. The maximum atomic E-state index is 13.2. The zero-order valence-corrected chi connectivity index (χ0v) is 17.5. The largest absolute Gasteiger partial charge is 0.349 e. The number of para-hydroxylation sites is 1. The van der Waals surface area contributed by atoms with E-state index in [-0.39, 0.29) is 11.9 Å². The molecule has 0 aliphatic carbocycles. The molecule has 0 bridgehead atoms. The number of aromatic nitrogens is 1. The van der Waals surface area contributed by atoms with Gasteiger partial charge in [0.15, 0.2) is 5.72 Å². The van der Waals surface area contributed by atoms with Gasteiger partial charge in [0.05, 0.1) is 12.6 Å². The van der Waals surface area contributed by atoms with Crippen LogP contribution in [-0.4, -0.2) is 28.0 Å². The molecule has 2 atom stereocenters. The Morgan fingerprint density at radius 2 is 1.71 bits per heavy atom. The SMILES string of the molecule is C[C@]12OC[C@H](Cc3cn(Cc4ccccc4)c4ccccc34)N1C(=O)c1ccccc12. The Bertz CT molecular complexity index is 1290. The smallest absolute Gasteiger partial charge is 0.257 e. The van der Waals surface area contributed by atoms with Crippen LogP contribution in [0, 0.1) is 0 Å². The molecule has 1 aromatic heterocycles. The van der Waals surface area contributed by atoms with E-state index in [0.29, 0.717) is 6.61 Å². The minimum Gasteiger partial charge on any atom is -0.349 e. The minimum absolute atomic E-state index is 0.0147. The lowest BCUT2D eigenvalue weighted by atomic mass is 10.0. The first-order valence-corrected chi connectivity index (χ1v) is 10.8. The molecule has 0 saturated carbocycles. The lowest BCUT2D eigenvalue weighted by Gasteiger charge is -2.30. The van der Waals surface area contributed by atoms with Crippen molar-refractivity contribution in [3.8, 4) is 0 Å². The summed E-state index contributed by atoms with van der Waals surface area (Å²) in [6.07, 6.45) is 3.03. The average Bonchev–Trinajstić information content (AvgIpc) is 3.39. The number of hydrogen-bond donors (Lipinski definition) is 0. The lowest BCUT2D eigenvalue weighted by Crippen LogP contribution is -2.42. The van der Waals surface area contributed by atoms with Gasteiger partial charge in [0.2, 0.25) is 0 Å². The number of rotatable bonds is 4. The summed E-state index contributed by atoms with van der Waals surface area (Å²) < 4.78 is 8.57. The van der Waals surface area contributed by atoms with Crippen molar-refractivity contribution in [2.45, 2.75) is 31.7 Å². The van der Waals surface area contributed by atoms with Crippen molar-refractivity contribution in [2.75, 3.05) is 6.61 Å². The number of amides is 1. The highest BCUT2D eigenvalue weighted by atomic mass is 16.5. The Hall–Kier alpha value is -3.37. The molecule has 31 heavy (non-hydrogen) atoms. The molecule has 0 spiro atoms. The van der Waals surface area contributed by atoms with Crippen LogP contribution in [0.25, 0.3) is 10.9 Å². The summed E-state index contributed by atoms with van der Waals surface area (Å²) >= 11 is 0. The summed E-state index contributed by atoms with van der Waals surface area (Å²) in [7, 11) is 0. The van der Waals surface area contributed by atoms with Crippen LogP contribution in [0.5, 0.6) is 0 Å². The van der Waals surface area contributed by atoms with E-state index < -0.39 is 5.72 Å². The molecule has 4 heteroatoms. The zero-order chi connectivity index (χ0) is 21.0. The van der Waals surface area contributed by atoms with Gasteiger partial charge in [-0.25, -0.2) is 0 Å². The van der Waals surface area contributed by atoms with Gasteiger partial charge in [-0.2, -0.15) is 0 Å². The van der Waals surface area contributed by atoms with Crippen LogP contribution in [-0.2, 0) is 23.4 Å². The molecule has 0 unspecified atom stereocenters. The van der Waals surface area contributed by atoms with Gasteiger partial charge in [0.25, 0.3) is 5.91 Å². The number of benzene rings is 3. The molecule has 0 radical (unpaired) electrons. The fraction of sp³-hybridized carbons (Fsp3) is 0.222. The van der Waals surface area contributed by atoms with Crippen LogP contribution in [0.4, 0.5) is 0 Å².